The molecule has 3 N–H and O–H groups in total. The SMILES string of the molecule is CNC(=O)[C@@H]1[C@H]2C(=O)N([C@H](CO)c3ccccc3)C(C(=O)NC3CCCCC3)C23CC[C@@]1(C)O3. The molecule has 4 fully saturated rings. The van der Waals surface area contributed by atoms with Crippen molar-refractivity contribution in [2.75, 3.05) is 13.7 Å². The van der Waals surface area contributed by atoms with E-state index in [1.165, 1.54) is 11.3 Å². The molecule has 3 saturated heterocycles. The molecule has 1 spiro atoms. The van der Waals surface area contributed by atoms with Gasteiger partial charge in [-0.05, 0) is 38.2 Å². The number of ether oxygens (including phenoxy) is 1. The number of aliphatic hydroxyl groups excluding tert-OH is 1. The Kier molecular flexibility index (Phi) is 5.92. The molecule has 0 radical (unpaired) electrons. The van der Waals surface area contributed by atoms with E-state index in [2.05, 4.69) is 10.6 Å². The third-order valence-corrected chi connectivity index (χ3v) is 8.64. The topological polar surface area (TPSA) is 108 Å². The van der Waals surface area contributed by atoms with Gasteiger partial charge in [-0.1, -0.05) is 49.6 Å². The van der Waals surface area contributed by atoms with Crippen LogP contribution in [0.1, 0.15) is 63.5 Å². The number of rotatable bonds is 6. The van der Waals surface area contributed by atoms with Crippen molar-refractivity contribution >= 4 is 17.7 Å². The molecule has 0 aromatic heterocycles. The molecular weight excluding hydrogens is 434 g/mol. The summed E-state index contributed by atoms with van der Waals surface area (Å²) >= 11 is 0. The van der Waals surface area contributed by atoms with Gasteiger partial charge in [-0.3, -0.25) is 14.4 Å². The number of hydrogen-bond donors (Lipinski definition) is 3. The molecule has 1 aromatic carbocycles. The Balaban J connectivity index is 1.58. The summed E-state index contributed by atoms with van der Waals surface area (Å²) in [6, 6.07) is 7.76. The van der Waals surface area contributed by atoms with Crippen LogP contribution in [-0.4, -0.2) is 64.7 Å². The summed E-state index contributed by atoms with van der Waals surface area (Å²) in [4.78, 5) is 42.5. The summed E-state index contributed by atoms with van der Waals surface area (Å²) in [5.74, 6) is -2.20. The summed E-state index contributed by atoms with van der Waals surface area (Å²) in [6.45, 7) is 1.56. The standard InChI is InChI=1S/C26H35N3O5/c1-25-13-14-26(34-25)20(19(25)22(31)27-2)24(33)29(18(15-30)16-9-5-3-6-10-16)21(26)23(32)28-17-11-7-4-8-12-17/h3,5-6,9-10,17-21,30H,4,7-8,11-15H2,1-2H3,(H,27,31)(H,28,32)/t18-,19+,20+,21?,25-,26?/m1/s1. The number of amides is 3. The lowest BCUT2D eigenvalue weighted by molar-refractivity contribution is -0.150. The molecule has 4 aliphatic rings. The third kappa shape index (κ3) is 3.37. The molecule has 6 atom stereocenters. The Hall–Kier alpha value is -2.45. The molecule has 3 aliphatic heterocycles. The van der Waals surface area contributed by atoms with Crippen LogP contribution in [0.25, 0.3) is 0 Å². The number of likely N-dealkylation sites (tertiary alicyclic amines) is 1. The summed E-state index contributed by atoms with van der Waals surface area (Å²) in [7, 11) is 1.56. The van der Waals surface area contributed by atoms with Crippen LogP contribution in [0.4, 0.5) is 0 Å². The molecule has 184 valence electrons. The maximum Gasteiger partial charge on any atom is 0.246 e. The first-order valence-electron chi connectivity index (χ1n) is 12.6. The van der Waals surface area contributed by atoms with Crippen LogP contribution in [0, 0.1) is 11.8 Å². The maximum atomic E-state index is 14.1. The molecule has 8 heteroatoms. The van der Waals surface area contributed by atoms with Gasteiger partial charge in [-0.15, -0.1) is 0 Å². The average molecular weight is 470 g/mol. The highest BCUT2D eigenvalue weighted by atomic mass is 16.5. The largest absolute Gasteiger partial charge is 0.394 e. The van der Waals surface area contributed by atoms with Crippen molar-refractivity contribution in [1.29, 1.82) is 0 Å². The van der Waals surface area contributed by atoms with E-state index in [1.54, 1.807) is 7.05 Å². The van der Waals surface area contributed by atoms with Crippen molar-refractivity contribution in [2.24, 2.45) is 11.8 Å². The molecule has 3 amide bonds. The Morgan fingerprint density at radius 3 is 2.50 bits per heavy atom. The summed E-state index contributed by atoms with van der Waals surface area (Å²) in [5, 5.41) is 16.3. The van der Waals surface area contributed by atoms with Crippen LogP contribution in [0.15, 0.2) is 30.3 Å². The van der Waals surface area contributed by atoms with E-state index < -0.39 is 35.1 Å². The Bertz CT molecular complexity index is 964. The van der Waals surface area contributed by atoms with E-state index in [0.717, 1.165) is 31.2 Å². The smallest absolute Gasteiger partial charge is 0.246 e. The Morgan fingerprint density at radius 1 is 1.15 bits per heavy atom. The van der Waals surface area contributed by atoms with Gasteiger partial charge in [0.2, 0.25) is 17.7 Å². The fourth-order valence-electron chi connectivity index (χ4n) is 7.11. The number of nitrogens with one attached hydrogen (secondary N) is 2. The van der Waals surface area contributed by atoms with Gasteiger partial charge in [-0.25, -0.2) is 0 Å². The zero-order chi connectivity index (χ0) is 24.1. The normalized spacial score (nSPS) is 35.8. The minimum atomic E-state index is -1.08. The van der Waals surface area contributed by atoms with Crippen molar-refractivity contribution in [2.45, 2.75) is 81.2 Å². The lowest BCUT2D eigenvalue weighted by atomic mass is 9.66. The van der Waals surface area contributed by atoms with E-state index in [0.29, 0.717) is 12.8 Å². The monoisotopic (exact) mass is 469 g/mol. The second-order valence-corrected chi connectivity index (χ2v) is 10.5. The summed E-state index contributed by atoms with van der Waals surface area (Å²) in [6.07, 6.45) is 6.28. The molecule has 5 rings (SSSR count). The number of benzene rings is 1. The number of nitrogens with zero attached hydrogens (tertiary/aromatic N) is 1. The maximum absolute atomic E-state index is 14.1. The predicted molar refractivity (Wildman–Crippen MR) is 124 cm³/mol. The number of fused-ring (bicyclic) bond motifs is 1. The minimum Gasteiger partial charge on any atom is -0.394 e. The van der Waals surface area contributed by atoms with Crippen molar-refractivity contribution in [3.8, 4) is 0 Å². The van der Waals surface area contributed by atoms with Crippen LogP contribution in [0.2, 0.25) is 0 Å². The lowest BCUT2D eigenvalue weighted by Crippen LogP contribution is -2.57. The van der Waals surface area contributed by atoms with Gasteiger partial charge in [0, 0.05) is 13.1 Å². The molecular formula is C26H35N3O5. The van der Waals surface area contributed by atoms with E-state index in [4.69, 9.17) is 4.74 Å². The fraction of sp³-hybridized carbons (Fsp3) is 0.654. The molecule has 3 heterocycles. The number of carbonyl (C=O) groups excluding carboxylic acids is 3. The minimum absolute atomic E-state index is 0.0712. The molecule has 2 bridgehead atoms. The highest BCUT2D eigenvalue weighted by Crippen LogP contribution is 2.64. The first kappa shape index (κ1) is 23.3. The molecule has 34 heavy (non-hydrogen) atoms. The zero-order valence-corrected chi connectivity index (χ0v) is 20.0. The lowest BCUT2D eigenvalue weighted by Gasteiger charge is -2.38. The van der Waals surface area contributed by atoms with Gasteiger partial charge >= 0.3 is 0 Å². The van der Waals surface area contributed by atoms with Crippen LogP contribution >= 0.6 is 0 Å². The quantitative estimate of drug-likeness (QED) is 0.588. The zero-order valence-electron chi connectivity index (χ0n) is 20.0. The van der Waals surface area contributed by atoms with Gasteiger partial charge in [0.1, 0.15) is 11.6 Å². The van der Waals surface area contributed by atoms with Crippen molar-refractivity contribution in [1.82, 2.24) is 15.5 Å². The fourth-order valence-corrected chi connectivity index (χ4v) is 7.11. The highest BCUT2D eigenvalue weighted by molar-refractivity contribution is 5.99. The molecule has 8 nitrogen and oxygen atoms in total. The van der Waals surface area contributed by atoms with Crippen molar-refractivity contribution in [3.05, 3.63) is 35.9 Å². The summed E-state index contributed by atoms with van der Waals surface area (Å²) in [5.41, 5.74) is -1.12. The number of carbonyl (C=O) groups is 3. The molecule has 1 aromatic rings. The first-order valence-corrected chi connectivity index (χ1v) is 12.6. The van der Waals surface area contributed by atoms with Gasteiger partial charge in [0.25, 0.3) is 0 Å². The van der Waals surface area contributed by atoms with E-state index in [9.17, 15) is 19.5 Å². The van der Waals surface area contributed by atoms with Crippen LogP contribution in [0.5, 0.6) is 0 Å². The van der Waals surface area contributed by atoms with Crippen LogP contribution in [0.3, 0.4) is 0 Å². The van der Waals surface area contributed by atoms with Gasteiger partial charge in [0.05, 0.1) is 30.1 Å². The van der Waals surface area contributed by atoms with E-state index in [1.807, 2.05) is 37.3 Å². The van der Waals surface area contributed by atoms with Gasteiger partial charge in [-0.2, -0.15) is 0 Å². The van der Waals surface area contributed by atoms with Crippen LogP contribution in [-0.2, 0) is 19.1 Å². The molecule has 2 unspecified atom stereocenters. The Labute approximate surface area is 200 Å². The Morgan fingerprint density at radius 2 is 1.85 bits per heavy atom. The number of aliphatic hydroxyl groups is 1. The van der Waals surface area contributed by atoms with Crippen molar-refractivity contribution in [3.63, 3.8) is 0 Å². The van der Waals surface area contributed by atoms with E-state index >= 15 is 0 Å². The van der Waals surface area contributed by atoms with Crippen LogP contribution < -0.4 is 10.6 Å². The first-order chi connectivity index (χ1) is 16.4. The molecule has 1 aliphatic carbocycles. The summed E-state index contributed by atoms with van der Waals surface area (Å²) < 4.78 is 6.60. The van der Waals surface area contributed by atoms with Gasteiger partial charge in [0.15, 0.2) is 0 Å². The second-order valence-electron chi connectivity index (χ2n) is 10.5. The third-order valence-electron chi connectivity index (χ3n) is 8.64. The average Bonchev–Trinajstić information content (AvgIpc) is 3.41. The van der Waals surface area contributed by atoms with Gasteiger partial charge < -0.3 is 25.4 Å². The molecule has 1 saturated carbocycles. The highest BCUT2D eigenvalue weighted by Gasteiger charge is 2.78. The number of hydrogen-bond acceptors (Lipinski definition) is 5. The second kappa shape index (κ2) is 8.64. The predicted octanol–water partition coefficient (Wildman–Crippen LogP) is 1.68. The van der Waals surface area contributed by atoms with E-state index in [-0.39, 0.29) is 30.4 Å². The van der Waals surface area contributed by atoms with Crippen molar-refractivity contribution < 1.29 is 24.2 Å².